The fraction of sp³-hybridized carbons (Fsp3) is 0.737. The van der Waals surface area contributed by atoms with Gasteiger partial charge in [0.25, 0.3) is 0 Å². The van der Waals surface area contributed by atoms with Crippen molar-refractivity contribution in [2.75, 3.05) is 13.2 Å². The summed E-state index contributed by atoms with van der Waals surface area (Å²) in [6, 6.07) is 10.6. The lowest BCUT2D eigenvalue weighted by molar-refractivity contribution is -0.341. The van der Waals surface area contributed by atoms with E-state index in [9.17, 15) is 0 Å². The number of hydrogen-bond acceptors (Lipinski definition) is 4. The lowest BCUT2D eigenvalue weighted by atomic mass is 9.76. The summed E-state index contributed by atoms with van der Waals surface area (Å²) in [5.74, 6) is 0.891. The van der Waals surface area contributed by atoms with Gasteiger partial charge in [0.2, 0.25) is 0 Å². The van der Waals surface area contributed by atoms with Crippen LogP contribution in [0.2, 0.25) is 0 Å². The van der Waals surface area contributed by atoms with Gasteiger partial charge in [-0.3, -0.25) is 0 Å². The summed E-state index contributed by atoms with van der Waals surface area (Å²) >= 11 is 0. The molecule has 42 heavy (non-hydrogen) atoms. The van der Waals surface area contributed by atoms with E-state index in [4.69, 9.17) is 18.9 Å². The Balaban J connectivity index is 1.38. The normalized spacial score (nSPS) is 29.4. The fourth-order valence-corrected chi connectivity index (χ4v) is 6.93. The Kier molecular flexibility index (Phi) is 14.1. The molecule has 236 valence electrons. The van der Waals surface area contributed by atoms with Gasteiger partial charge in [0.05, 0.1) is 30.8 Å². The van der Waals surface area contributed by atoms with Crippen molar-refractivity contribution in [3.63, 3.8) is 0 Å². The van der Waals surface area contributed by atoms with Crippen LogP contribution in [0.3, 0.4) is 0 Å². The molecule has 2 saturated heterocycles. The molecule has 0 radical (unpaired) electrons. The second-order valence-corrected chi connectivity index (χ2v) is 13.3. The number of hydrogen-bond donors (Lipinski definition) is 0. The summed E-state index contributed by atoms with van der Waals surface area (Å²) in [6.07, 6.45) is 25.4. The van der Waals surface area contributed by atoms with Crippen molar-refractivity contribution in [2.45, 2.75) is 149 Å². The highest BCUT2D eigenvalue weighted by Gasteiger charge is 2.52. The molecular formula is C38H60O4. The van der Waals surface area contributed by atoms with Gasteiger partial charge in [0, 0.05) is 11.8 Å². The highest BCUT2D eigenvalue weighted by Crippen LogP contribution is 2.47. The van der Waals surface area contributed by atoms with Crippen molar-refractivity contribution >= 4 is 5.57 Å². The van der Waals surface area contributed by atoms with Gasteiger partial charge in [-0.2, -0.15) is 0 Å². The molecule has 0 amide bonds. The zero-order valence-corrected chi connectivity index (χ0v) is 27.2. The Morgan fingerprint density at radius 3 is 1.62 bits per heavy atom. The standard InChI is InChI=1S/C38H60O4/c1-5-7-9-11-13-16-22-34-28-39-36(41-30(34)3)38(26-24-33(25-27-38)32-20-18-15-19-21-32)37-40-29-35(31(4)42-37)23-17-14-12-10-8-6-2/h15,18-21,24-26,30-31,34-37H,5-14,16-17,22-23,27-29H2,1-4H3/t30-,31-,34+,35+,36+,37+/m1/s1. The van der Waals surface area contributed by atoms with Gasteiger partial charge < -0.3 is 18.9 Å². The summed E-state index contributed by atoms with van der Waals surface area (Å²) in [5, 5.41) is 0. The highest BCUT2D eigenvalue weighted by atomic mass is 16.7. The predicted molar refractivity (Wildman–Crippen MR) is 174 cm³/mol. The number of benzene rings is 1. The maximum Gasteiger partial charge on any atom is 0.172 e. The lowest BCUT2D eigenvalue weighted by Gasteiger charge is -2.50. The number of allylic oxidation sites excluding steroid dienone is 3. The second-order valence-electron chi connectivity index (χ2n) is 13.3. The average molecular weight is 581 g/mol. The summed E-state index contributed by atoms with van der Waals surface area (Å²) < 4.78 is 26.7. The minimum Gasteiger partial charge on any atom is -0.351 e. The second kappa shape index (κ2) is 17.7. The molecule has 4 heteroatoms. The van der Waals surface area contributed by atoms with Crippen LogP contribution in [0.15, 0.2) is 48.6 Å². The molecule has 2 aliphatic heterocycles. The van der Waals surface area contributed by atoms with E-state index in [1.54, 1.807) is 0 Å². The number of rotatable bonds is 17. The first-order valence-corrected chi connectivity index (χ1v) is 17.6. The maximum absolute atomic E-state index is 6.74. The Morgan fingerprint density at radius 1 is 0.667 bits per heavy atom. The SMILES string of the molecule is CCCCCCCC[C@H]1CO[C@H](C2([C@H]3OC[C@H](CCCCCCCC)[C@@H](C)O3)C=CC(c3ccccc3)=CC2)O[C@@H]1C. The average Bonchev–Trinajstić information content (AvgIpc) is 3.02. The van der Waals surface area contributed by atoms with Gasteiger partial charge in [0.1, 0.15) is 0 Å². The third kappa shape index (κ3) is 9.27. The molecule has 3 aliphatic rings. The van der Waals surface area contributed by atoms with E-state index >= 15 is 0 Å². The summed E-state index contributed by atoms with van der Waals surface area (Å²) in [7, 11) is 0. The zero-order valence-electron chi connectivity index (χ0n) is 27.2. The molecule has 4 nitrogen and oxygen atoms in total. The Morgan fingerprint density at radius 2 is 1.17 bits per heavy atom. The molecule has 1 aliphatic carbocycles. The molecule has 0 N–H and O–H groups in total. The van der Waals surface area contributed by atoms with Crippen molar-refractivity contribution in [1.29, 1.82) is 0 Å². The van der Waals surface area contributed by atoms with E-state index < -0.39 is 5.41 Å². The smallest absolute Gasteiger partial charge is 0.172 e. The van der Waals surface area contributed by atoms with Gasteiger partial charge >= 0.3 is 0 Å². The molecule has 0 spiro atoms. The molecule has 0 unspecified atom stereocenters. The van der Waals surface area contributed by atoms with Gasteiger partial charge in [0.15, 0.2) is 12.6 Å². The van der Waals surface area contributed by atoms with E-state index in [2.05, 4.69) is 76.3 Å². The van der Waals surface area contributed by atoms with Crippen LogP contribution >= 0.6 is 0 Å². The first-order valence-electron chi connectivity index (χ1n) is 17.6. The quantitative estimate of drug-likeness (QED) is 0.172. The Labute approximate surface area is 257 Å². The fourth-order valence-electron chi connectivity index (χ4n) is 6.93. The van der Waals surface area contributed by atoms with Crippen molar-refractivity contribution in [3.8, 4) is 0 Å². The molecule has 6 atom stereocenters. The number of ether oxygens (including phenoxy) is 4. The van der Waals surface area contributed by atoms with Crippen LogP contribution in [0.4, 0.5) is 0 Å². The minimum atomic E-state index is -0.503. The zero-order chi connectivity index (χ0) is 29.6. The minimum absolute atomic E-state index is 0.158. The van der Waals surface area contributed by atoms with Crippen LogP contribution in [-0.2, 0) is 18.9 Å². The largest absolute Gasteiger partial charge is 0.351 e. The molecule has 2 heterocycles. The predicted octanol–water partition coefficient (Wildman–Crippen LogP) is 10.3. The Hall–Kier alpha value is -1.46. The first kappa shape index (κ1) is 33.4. The molecule has 4 rings (SSSR count). The molecule has 0 aromatic heterocycles. The van der Waals surface area contributed by atoms with Gasteiger partial charge in [-0.1, -0.05) is 139 Å². The van der Waals surface area contributed by atoms with Crippen molar-refractivity contribution < 1.29 is 18.9 Å². The van der Waals surface area contributed by atoms with Crippen molar-refractivity contribution in [2.24, 2.45) is 17.3 Å². The first-order chi connectivity index (χ1) is 20.6. The van der Waals surface area contributed by atoms with Crippen molar-refractivity contribution in [1.82, 2.24) is 0 Å². The van der Waals surface area contributed by atoms with Gasteiger partial charge in [-0.05, 0) is 44.2 Å². The lowest BCUT2D eigenvalue weighted by Crippen LogP contribution is -2.56. The molecule has 1 aromatic carbocycles. The summed E-state index contributed by atoms with van der Waals surface area (Å²) in [6.45, 7) is 10.5. The van der Waals surface area contributed by atoms with E-state index in [0.29, 0.717) is 11.8 Å². The summed E-state index contributed by atoms with van der Waals surface area (Å²) in [4.78, 5) is 0. The van der Waals surface area contributed by atoms with E-state index in [0.717, 1.165) is 19.6 Å². The van der Waals surface area contributed by atoms with Gasteiger partial charge in [-0.15, -0.1) is 0 Å². The molecule has 0 bridgehead atoms. The van der Waals surface area contributed by atoms with Crippen LogP contribution in [0.25, 0.3) is 5.57 Å². The molecule has 1 aromatic rings. The molecular weight excluding hydrogens is 520 g/mol. The third-order valence-corrected chi connectivity index (χ3v) is 10.0. The van der Waals surface area contributed by atoms with Crippen LogP contribution in [0, 0.1) is 17.3 Å². The molecule has 2 fully saturated rings. The molecule has 0 saturated carbocycles. The monoisotopic (exact) mass is 580 g/mol. The van der Waals surface area contributed by atoms with Crippen LogP contribution in [0.1, 0.15) is 130 Å². The van der Waals surface area contributed by atoms with Crippen LogP contribution in [-0.4, -0.2) is 38.0 Å². The third-order valence-electron chi connectivity index (χ3n) is 10.0. The van der Waals surface area contributed by atoms with Crippen LogP contribution < -0.4 is 0 Å². The van der Waals surface area contributed by atoms with E-state index in [1.165, 1.54) is 101 Å². The number of unbranched alkanes of at least 4 members (excludes halogenated alkanes) is 10. The van der Waals surface area contributed by atoms with E-state index in [1.807, 2.05) is 0 Å². The van der Waals surface area contributed by atoms with Gasteiger partial charge in [-0.25, -0.2) is 0 Å². The topological polar surface area (TPSA) is 36.9 Å². The van der Waals surface area contributed by atoms with E-state index in [-0.39, 0.29) is 24.8 Å². The highest BCUT2D eigenvalue weighted by molar-refractivity contribution is 5.75. The Bertz CT molecular complexity index is 900. The maximum atomic E-state index is 6.74. The van der Waals surface area contributed by atoms with Crippen LogP contribution in [0.5, 0.6) is 0 Å². The van der Waals surface area contributed by atoms with Crippen molar-refractivity contribution in [3.05, 3.63) is 54.1 Å². The summed E-state index contributed by atoms with van der Waals surface area (Å²) in [5.41, 5.74) is 1.97.